The Morgan fingerprint density at radius 1 is 1.29 bits per heavy atom. The first-order valence-corrected chi connectivity index (χ1v) is 5.43. The fourth-order valence-electron chi connectivity index (χ4n) is 1.88. The summed E-state index contributed by atoms with van der Waals surface area (Å²) in [6, 6.07) is 5.80. The van der Waals surface area contributed by atoms with Crippen molar-refractivity contribution in [2.75, 3.05) is 13.2 Å². The summed E-state index contributed by atoms with van der Waals surface area (Å²) in [5.74, 6) is 1.53. The highest BCUT2D eigenvalue weighted by molar-refractivity contribution is 5.80. The van der Waals surface area contributed by atoms with E-state index >= 15 is 0 Å². The Balaban J connectivity index is 2.06. The number of nitrogens with zero attached hydrogens (tertiary/aromatic N) is 1. The Hall–Kier alpha value is -2.23. The predicted molar refractivity (Wildman–Crippen MR) is 64.2 cm³/mol. The Kier molecular flexibility index (Phi) is 2.33. The quantitative estimate of drug-likeness (QED) is 0.857. The van der Waals surface area contributed by atoms with Gasteiger partial charge in [0.2, 0.25) is 0 Å². The fourth-order valence-corrected chi connectivity index (χ4v) is 1.88. The zero-order chi connectivity index (χ0) is 11.7. The Morgan fingerprint density at radius 2 is 2.18 bits per heavy atom. The van der Waals surface area contributed by atoms with Gasteiger partial charge >= 0.3 is 0 Å². The molecule has 0 bridgehead atoms. The molecule has 0 fully saturated rings. The molecule has 1 N–H and O–H groups in total. The molecule has 0 aliphatic carbocycles. The summed E-state index contributed by atoms with van der Waals surface area (Å²) in [6.45, 7) is 5.23. The molecule has 86 valence electrons. The van der Waals surface area contributed by atoms with Gasteiger partial charge in [-0.05, 0) is 6.07 Å². The van der Waals surface area contributed by atoms with E-state index in [0.29, 0.717) is 13.2 Å². The molecule has 1 aliphatic rings. The van der Waals surface area contributed by atoms with Crippen LogP contribution in [0.15, 0.2) is 37.3 Å². The molecule has 0 atom stereocenters. The second-order valence-corrected chi connectivity index (χ2v) is 3.77. The van der Waals surface area contributed by atoms with E-state index in [1.165, 1.54) is 0 Å². The molecule has 17 heavy (non-hydrogen) atoms. The van der Waals surface area contributed by atoms with E-state index in [2.05, 4.69) is 16.5 Å². The average molecular weight is 228 g/mol. The lowest BCUT2D eigenvalue weighted by Gasteiger charge is -2.21. The fraction of sp³-hybridized carbons (Fsp3) is 0.154. The third kappa shape index (κ3) is 1.67. The van der Waals surface area contributed by atoms with Gasteiger partial charge in [0.1, 0.15) is 13.2 Å². The predicted octanol–water partition coefficient (Wildman–Crippen LogP) is 2.24. The molecule has 2 aromatic rings. The van der Waals surface area contributed by atoms with E-state index in [4.69, 9.17) is 9.47 Å². The first kappa shape index (κ1) is 9.96. The lowest BCUT2D eigenvalue weighted by Crippen LogP contribution is -2.16. The summed E-state index contributed by atoms with van der Waals surface area (Å²) in [7, 11) is 0. The molecule has 2 heterocycles. The number of H-pyrrole nitrogens is 1. The third-order valence-electron chi connectivity index (χ3n) is 2.71. The van der Waals surface area contributed by atoms with Gasteiger partial charge in [-0.1, -0.05) is 18.7 Å². The van der Waals surface area contributed by atoms with Crippen molar-refractivity contribution in [2.24, 2.45) is 0 Å². The molecule has 4 heteroatoms. The molecule has 0 amide bonds. The highest BCUT2D eigenvalue weighted by Gasteiger charge is 2.18. The highest BCUT2D eigenvalue weighted by Crippen LogP contribution is 2.38. The summed E-state index contributed by atoms with van der Waals surface area (Å²) in [6.07, 6.45) is 3.37. The van der Waals surface area contributed by atoms with Gasteiger partial charge in [-0.3, -0.25) is 0 Å². The molecule has 3 rings (SSSR count). The van der Waals surface area contributed by atoms with Gasteiger partial charge in [0.25, 0.3) is 0 Å². The van der Waals surface area contributed by atoms with Gasteiger partial charge in [-0.2, -0.15) is 0 Å². The Morgan fingerprint density at radius 3 is 3.00 bits per heavy atom. The van der Waals surface area contributed by atoms with Gasteiger partial charge < -0.3 is 14.5 Å². The highest BCUT2D eigenvalue weighted by atomic mass is 16.6. The van der Waals surface area contributed by atoms with Crippen molar-refractivity contribution < 1.29 is 9.47 Å². The van der Waals surface area contributed by atoms with Crippen molar-refractivity contribution >= 4 is 5.57 Å². The molecule has 0 saturated carbocycles. The van der Waals surface area contributed by atoms with Crippen LogP contribution in [-0.4, -0.2) is 23.2 Å². The molecule has 1 aromatic heterocycles. The van der Waals surface area contributed by atoms with E-state index in [-0.39, 0.29) is 0 Å². The molecule has 0 spiro atoms. The van der Waals surface area contributed by atoms with E-state index in [1.54, 1.807) is 12.5 Å². The minimum absolute atomic E-state index is 0.570. The second kappa shape index (κ2) is 3.97. The lowest BCUT2D eigenvalue weighted by molar-refractivity contribution is 0.171. The van der Waals surface area contributed by atoms with E-state index < -0.39 is 0 Å². The number of aromatic amines is 1. The summed E-state index contributed by atoms with van der Waals surface area (Å²) >= 11 is 0. The first-order valence-electron chi connectivity index (χ1n) is 5.43. The van der Waals surface area contributed by atoms with Crippen molar-refractivity contribution in [3.05, 3.63) is 48.6 Å². The number of fused-ring (bicyclic) bond motifs is 1. The maximum Gasteiger partial charge on any atom is 0.169 e. The summed E-state index contributed by atoms with van der Waals surface area (Å²) in [5.41, 5.74) is 2.67. The van der Waals surface area contributed by atoms with Crippen molar-refractivity contribution in [1.29, 1.82) is 0 Å². The van der Waals surface area contributed by atoms with Gasteiger partial charge in [-0.15, -0.1) is 0 Å². The van der Waals surface area contributed by atoms with E-state index in [9.17, 15) is 0 Å². The van der Waals surface area contributed by atoms with E-state index in [0.717, 1.165) is 28.3 Å². The van der Waals surface area contributed by atoms with Crippen LogP contribution in [0.3, 0.4) is 0 Å². The minimum atomic E-state index is 0.570. The maximum absolute atomic E-state index is 5.65. The van der Waals surface area contributed by atoms with Crippen LogP contribution in [0.5, 0.6) is 11.5 Å². The summed E-state index contributed by atoms with van der Waals surface area (Å²) < 4.78 is 11.2. The number of ether oxygens (including phenoxy) is 2. The van der Waals surface area contributed by atoms with Crippen LogP contribution >= 0.6 is 0 Å². The van der Waals surface area contributed by atoms with Crippen LogP contribution in [0, 0.1) is 0 Å². The zero-order valence-corrected chi connectivity index (χ0v) is 9.27. The molecule has 0 saturated heterocycles. The van der Waals surface area contributed by atoms with Gasteiger partial charge in [0.15, 0.2) is 11.5 Å². The molecule has 4 nitrogen and oxygen atoms in total. The van der Waals surface area contributed by atoms with Crippen molar-refractivity contribution in [3.8, 4) is 11.5 Å². The van der Waals surface area contributed by atoms with Gasteiger partial charge in [0.05, 0.1) is 18.2 Å². The van der Waals surface area contributed by atoms with Crippen LogP contribution in [0.4, 0.5) is 0 Å². The van der Waals surface area contributed by atoms with Crippen LogP contribution in [0.2, 0.25) is 0 Å². The Bertz CT molecular complexity index is 547. The number of rotatable bonds is 2. The molecular weight excluding hydrogens is 216 g/mol. The largest absolute Gasteiger partial charge is 0.486 e. The van der Waals surface area contributed by atoms with Crippen molar-refractivity contribution in [2.45, 2.75) is 0 Å². The molecule has 0 unspecified atom stereocenters. The van der Waals surface area contributed by atoms with E-state index in [1.807, 2.05) is 18.2 Å². The summed E-state index contributed by atoms with van der Waals surface area (Å²) in [4.78, 5) is 7.03. The molecule has 1 aromatic carbocycles. The topological polar surface area (TPSA) is 47.1 Å². The van der Waals surface area contributed by atoms with Crippen LogP contribution in [0.1, 0.15) is 11.3 Å². The lowest BCUT2D eigenvalue weighted by atomic mass is 10.0. The van der Waals surface area contributed by atoms with Crippen molar-refractivity contribution in [1.82, 2.24) is 9.97 Å². The monoisotopic (exact) mass is 228 g/mol. The maximum atomic E-state index is 5.65. The average Bonchev–Trinajstić information content (AvgIpc) is 2.91. The summed E-state index contributed by atoms with van der Waals surface area (Å²) in [5, 5.41) is 0. The zero-order valence-electron chi connectivity index (χ0n) is 9.27. The second-order valence-electron chi connectivity index (χ2n) is 3.77. The molecule has 0 radical (unpaired) electrons. The number of hydrogen-bond donors (Lipinski definition) is 1. The van der Waals surface area contributed by atoms with Crippen LogP contribution in [-0.2, 0) is 0 Å². The Labute approximate surface area is 98.9 Å². The SMILES string of the molecule is C=C(c1cnc[nH]1)c1cccc2c1OCCO2. The normalized spacial score (nSPS) is 13.4. The number of imidazole rings is 1. The first-order chi connectivity index (χ1) is 8.36. The third-order valence-corrected chi connectivity index (χ3v) is 2.71. The van der Waals surface area contributed by atoms with Gasteiger partial charge in [0, 0.05) is 11.1 Å². The van der Waals surface area contributed by atoms with Crippen LogP contribution < -0.4 is 9.47 Å². The number of para-hydroxylation sites is 1. The standard InChI is InChI=1S/C13H12N2O2/c1-9(11-7-14-8-15-11)10-3-2-4-12-13(10)17-6-5-16-12/h2-4,7-8H,1,5-6H2,(H,14,15). The van der Waals surface area contributed by atoms with Crippen molar-refractivity contribution in [3.63, 3.8) is 0 Å². The number of benzene rings is 1. The van der Waals surface area contributed by atoms with Gasteiger partial charge in [-0.25, -0.2) is 4.98 Å². The number of aromatic nitrogens is 2. The molecule has 1 aliphatic heterocycles. The minimum Gasteiger partial charge on any atom is -0.486 e. The number of nitrogens with one attached hydrogen (secondary N) is 1. The van der Waals surface area contributed by atoms with Crippen LogP contribution in [0.25, 0.3) is 5.57 Å². The smallest absolute Gasteiger partial charge is 0.169 e. The molecular formula is C13H12N2O2. The number of hydrogen-bond acceptors (Lipinski definition) is 3.